The summed E-state index contributed by atoms with van der Waals surface area (Å²) in [5.74, 6) is 3.38. The van der Waals surface area contributed by atoms with Crippen LogP contribution < -0.4 is 14.2 Å². The van der Waals surface area contributed by atoms with E-state index in [0.717, 1.165) is 28.0 Å². The SMILES string of the molecule is COc1ccc(C(C)(c2ccc(Oc3ccc(C(=O)c4ccccc4)cc3)cc2)c2ccc(Oc3ccc(C(=O)c4ccc(C)cc4)cc3)cc2)cc1. The number of ketones is 2. The van der Waals surface area contributed by atoms with Crippen molar-refractivity contribution < 1.29 is 23.8 Å². The topological polar surface area (TPSA) is 61.8 Å². The van der Waals surface area contributed by atoms with Gasteiger partial charge in [0, 0.05) is 27.7 Å². The molecule has 0 bridgehead atoms. The molecule has 0 spiro atoms. The number of methoxy groups -OCH3 is 1. The summed E-state index contributed by atoms with van der Waals surface area (Å²) in [5.41, 5.74) is 6.34. The van der Waals surface area contributed by atoms with Gasteiger partial charge in [-0.2, -0.15) is 0 Å². The van der Waals surface area contributed by atoms with E-state index in [9.17, 15) is 9.59 Å². The Kier molecular flexibility index (Phi) is 9.99. The van der Waals surface area contributed by atoms with Gasteiger partial charge < -0.3 is 14.2 Å². The lowest BCUT2D eigenvalue weighted by molar-refractivity contribution is 0.103. The number of carbonyl (C=O) groups excluding carboxylic acids is 2. The van der Waals surface area contributed by atoms with Crippen LogP contribution in [0.3, 0.4) is 0 Å². The van der Waals surface area contributed by atoms with Crippen molar-refractivity contribution in [1.82, 2.24) is 0 Å². The second-order valence-corrected chi connectivity index (χ2v) is 13.0. The van der Waals surface area contributed by atoms with Gasteiger partial charge in [-0.1, -0.05) is 96.6 Å². The Morgan fingerprint density at radius 1 is 0.396 bits per heavy atom. The first kappa shape index (κ1) is 34.7. The van der Waals surface area contributed by atoms with Crippen LogP contribution in [-0.2, 0) is 5.41 Å². The summed E-state index contributed by atoms with van der Waals surface area (Å²) < 4.78 is 17.8. The minimum Gasteiger partial charge on any atom is -0.497 e. The van der Waals surface area contributed by atoms with E-state index >= 15 is 0 Å². The molecule has 0 amide bonds. The minimum absolute atomic E-state index is 0.0239. The molecule has 0 N–H and O–H groups in total. The molecule has 260 valence electrons. The van der Waals surface area contributed by atoms with Crippen LogP contribution in [0.5, 0.6) is 28.7 Å². The second-order valence-electron chi connectivity index (χ2n) is 13.0. The van der Waals surface area contributed by atoms with Crippen LogP contribution in [0.25, 0.3) is 0 Å². The van der Waals surface area contributed by atoms with Gasteiger partial charge in [-0.25, -0.2) is 0 Å². The number of aryl methyl sites for hydroxylation is 1. The number of ether oxygens (including phenoxy) is 3. The number of hydrogen-bond donors (Lipinski definition) is 0. The maximum absolute atomic E-state index is 12.9. The van der Waals surface area contributed by atoms with Crippen LogP contribution in [0.15, 0.2) is 176 Å². The fourth-order valence-electron chi connectivity index (χ4n) is 6.39. The summed E-state index contributed by atoms with van der Waals surface area (Å²) in [6.45, 7) is 4.20. The number of benzene rings is 7. The van der Waals surface area contributed by atoms with Crippen molar-refractivity contribution in [2.45, 2.75) is 19.3 Å². The predicted molar refractivity (Wildman–Crippen MR) is 209 cm³/mol. The number of hydrogen-bond acceptors (Lipinski definition) is 5. The first-order valence-electron chi connectivity index (χ1n) is 17.4. The average molecular weight is 695 g/mol. The van der Waals surface area contributed by atoms with Gasteiger partial charge in [0.1, 0.15) is 28.7 Å². The highest BCUT2D eigenvalue weighted by Gasteiger charge is 2.31. The second kappa shape index (κ2) is 15.3. The Hall–Kier alpha value is -6.72. The molecular weight excluding hydrogens is 657 g/mol. The van der Waals surface area contributed by atoms with Crippen molar-refractivity contribution >= 4 is 11.6 Å². The summed E-state index contributed by atoms with van der Waals surface area (Å²) in [4.78, 5) is 25.8. The zero-order valence-corrected chi connectivity index (χ0v) is 29.8. The Labute approximate surface area is 310 Å². The van der Waals surface area contributed by atoms with Crippen LogP contribution in [-0.4, -0.2) is 18.7 Å². The summed E-state index contributed by atoms with van der Waals surface area (Å²) in [6.07, 6.45) is 0. The molecule has 0 saturated carbocycles. The van der Waals surface area contributed by atoms with E-state index in [4.69, 9.17) is 14.2 Å². The molecule has 5 heteroatoms. The summed E-state index contributed by atoms with van der Waals surface area (Å²) in [6, 6.07) is 55.6. The molecule has 0 aliphatic rings. The maximum Gasteiger partial charge on any atom is 0.193 e. The van der Waals surface area contributed by atoms with Gasteiger partial charge in [-0.15, -0.1) is 0 Å². The minimum atomic E-state index is -0.527. The van der Waals surface area contributed by atoms with Crippen LogP contribution in [0.2, 0.25) is 0 Å². The molecule has 7 aromatic carbocycles. The molecule has 0 heterocycles. The maximum atomic E-state index is 12.9. The first-order chi connectivity index (χ1) is 25.8. The lowest BCUT2D eigenvalue weighted by Crippen LogP contribution is -2.25. The quantitative estimate of drug-likeness (QED) is 0.0941. The van der Waals surface area contributed by atoms with Gasteiger partial charge in [0.05, 0.1) is 7.11 Å². The van der Waals surface area contributed by atoms with E-state index in [1.165, 1.54) is 0 Å². The van der Waals surface area contributed by atoms with Crippen LogP contribution in [0.1, 0.15) is 61.0 Å². The third kappa shape index (κ3) is 7.65. The van der Waals surface area contributed by atoms with Crippen LogP contribution in [0, 0.1) is 6.92 Å². The van der Waals surface area contributed by atoms with Crippen LogP contribution in [0.4, 0.5) is 0 Å². The van der Waals surface area contributed by atoms with Crippen molar-refractivity contribution in [3.63, 3.8) is 0 Å². The van der Waals surface area contributed by atoms with Gasteiger partial charge in [0.25, 0.3) is 0 Å². The van der Waals surface area contributed by atoms with Crippen molar-refractivity contribution in [2.75, 3.05) is 7.11 Å². The molecule has 53 heavy (non-hydrogen) atoms. The molecule has 1 unspecified atom stereocenters. The molecule has 0 aromatic heterocycles. The van der Waals surface area contributed by atoms with Crippen molar-refractivity contribution in [2.24, 2.45) is 0 Å². The lowest BCUT2D eigenvalue weighted by Gasteiger charge is -2.32. The molecule has 7 rings (SSSR count). The Morgan fingerprint density at radius 3 is 1.06 bits per heavy atom. The highest BCUT2D eigenvalue weighted by molar-refractivity contribution is 6.09. The van der Waals surface area contributed by atoms with Gasteiger partial charge in [-0.05, 0) is 115 Å². The standard InChI is InChI=1S/C48H38O5/c1-33-9-11-35(12-10-33)47(50)37-15-25-43(26-16-37)53-45-31-21-40(22-32-45)48(2,38-17-27-41(51-3)28-18-38)39-19-29-44(30-20-39)52-42-23-13-36(14-24-42)46(49)34-7-5-4-6-8-34/h4-32H,1-3H3. The van der Waals surface area contributed by atoms with E-state index in [1.54, 1.807) is 31.4 Å². The van der Waals surface area contributed by atoms with E-state index < -0.39 is 5.41 Å². The molecule has 0 aliphatic heterocycles. The normalized spacial score (nSPS) is 12.0. The van der Waals surface area contributed by atoms with E-state index in [-0.39, 0.29) is 11.6 Å². The number of carbonyl (C=O) groups is 2. The van der Waals surface area contributed by atoms with Crippen molar-refractivity contribution in [3.05, 3.63) is 220 Å². The fraction of sp³-hybridized carbons (Fsp3) is 0.0833. The highest BCUT2D eigenvalue weighted by atomic mass is 16.5. The smallest absolute Gasteiger partial charge is 0.193 e. The van der Waals surface area contributed by atoms with Gasteiger partial charge >= 0.3 is 0 Å². The molecule has 0 fully saturated rings. The summed E-state index contributed by atoms with van der Waals surface area (Å²) in [5, 5.41) is 0. The molecule has 1 atom stereocenters. The molecule has 0 saturated heterocycles. The Bertz CT molecular complexity index is 2310. The molecular formula is C48H38O5. The molecule has 7 aromatic rings. The molecule has 0 aliphatic carbocycles. The molecule has 5 nitrogen and oxygen atoms in total. The van der Waals surface area contributed by atoms with Gasteiger partial charge in [0.15, 0.2) is 11.6 Å². The monoisotopic (exact) mass is 694 g/mol. The highest BCUT2D eigenvalue weighted by Crippen LogP contribution is 2.41. The first-order valence-corrected chi connectivity index (χ1v) is 17.4. The Balaban J connectivity index is 1.09. The summed E-state index contributed by atoms with van der Waals surface area (Å²) in [7, 11) is 1.66. The van der Waals surface area contributed by atoms with Crippen molar-refractivity contribution in [3.8, 4) is 28.7 Å². The average Bonchev–Trinajstić information content (AvgIpc) is 3.22. The summed E-state index contributed by atoms with van der Waals surface area (Å²) >= 11 is 0. The van der Waals surface area contributed by atoms with Crippen molar-refractivity contribution in [1.29, 1.82) is 0 Å². The fourth-order valence-corrected chi connectivity index (χ4v) is 6.39. The van der Waals surface area contributed by atoms with Gasteiger partial charge in [-0.3, -0.25) is 9.59 Å². The number of rotatable bonds is 12. The Morgan fingerprint density at radius 2 is 0.698 bits per heavy atom. The van der Waals surface area contributed by atoms with Gasteiger partial charge in [0.2, 0.25) is 0 Å². The third-order valence-electron chi connectivity index (χ3n) is 9.58. The van der Waals surface area contributed by atoms with E-state index in [1.807, 2.05) is 122 Å². The third-order valence-corrected chi connectivity index (χ3v) is 9.58. The zero-order valence-electron chi connectivity index (χ0n) is 29.8. The largest absolute Gasteiger partial charge is 0.497 e. The van der Waals surface area contributed by atoms with E-state index in [0.29, 0.717) is 45.3 Å². The zero-order chi connectivity index (χ0) is 36.8. The van der Waals surface area contributed by atoms with E-state index in [2.05, 4.69) is 43.3 Å². The lowest BCUT2D eigenvalue weighted by atomic mass is 9.71. The van der Waals surface area contributed by atoms with Crippen LogP contribution >= 0.6 is 0 Å². The predicted octanol–water partition coefficient (Wildman–Crippen LogP) is 11.4. The molecule has 0 radical (unpaired) electrons.